The number of ether oxygens (including phenoxy) is 3. The quantitative estimate of drug-likeness (QED) is 0.617. The van der Waals surface area contributed by atoms with Gasteiger partial charge in [0.05, 0.1) is 11.7 Å². The summed E-state index contributed by atoms with van der Waals surface area (Å²) >= 11 is 0. The average molecular weight is 415 g/mol. The van der Waals surface area contributed by atoms with Crippen molar-refractivity contribution in [3.05, 3.63) is 65.5 Å². The van der Waals surface area contributed by atoms with E-state index in [1.807, 2.05) is 0 Å². The van der Waals surface area contributed by atoms with Gasteiger partial charge in [-0.3, -0.25) is 4.79 Å². The third-order valence-electron chi connectivity index (χ3n) is 4.87. The van der Waals surface area contributed by atoms with Crippen LogP contribution >= 0.6 is 0 Å². The van der Waals surface area contributed by atoms with Crippen LogP contribution in [0.1, 0.15) is 35.7 Å². The highest BCUT2D eigenvalue weighted by Crippen LogP contribution is 2.17. The molecule has 30 heavy (non-hydrogen) atoms. The number of esters is 1. The number of likely N-dealkylation sites (N-methyl/N-ethyl adjacent to an activating group) is 1. The third-order valence-corrected chi connectivity index (χ3v) is 4.87. The van der Waals surface area contributed by atoms with Crippen LogP contribution in [-0.4, -0.2) is 49.2 Å². The monoisotopic (exact) mass is 415 g/mol. The Morgan fingerprint density at radius 3 is 2.67 bits per heavy atom. The van der Waals surface area contributed by atoms with Crippen LogP contribution in [0.15, 0.2) is 48.5 Å². The molecule has 2 unspecified atom stereocenters. The molecule has 1 heterocycles. The minimum Gasteiger partial charge on any atom is -0.491 e. The molecule has 0 aromatic heterocycles. The molecule has 0 saturated carbocycles. The van der Waals surface area contributed by atoms with Gasteiger partial charge in [0.2, 0.25) is 0 Å². The molecule has 1 fully saturated rings. The first kappa shape index (κ1) is 21.8. The summed E-state index contributed by atoms with van der Waals surface area (Å²) in [5.74, 6) is -0.693. The zero-order valence-corrected chi connectivity index (χ0v) is 17.2. The van der Waals surface area contributed by atoms with E-state index in [9.17, 15) is 14.0 Å². The first-order valence-electron chi connectivity index (χ1n) is 9.97. The van der Waals surface area contributed by atoms with Crippen LogP contribution in [-0.2, 0) is 20.8 Å². The van der Waals surface area contributed by atoms with Gasteiger partial charge in [0.15, 0.2) is 6.10 Å². The number of rotatable bonds is 8. The summed E-state index contributed by atoms with van der Waals surface area (Å²) in [6.45, 7) is 2.98. The maximum atomic E-state index is 13.3. The number of carbonyl (C=O) groups excluding carboxylic acids is 2. The Balaban J connectivity index is 1.49. The molecule has 2 aromatic carbocycles. The summed E-state index contributed by atoms with van der Waals surface area (Å²) in [4.78, 5) is 26.2. The van der Waals surface area contributed by atoms with Gasteiger partial charge in [-0.25, -0.2) is 9.18 Å². The number of halogens is 1. The molecule has 2 aromatic rings. The van der Waals surface area contributed by atoms with Crippen molar-refractivity contribution < 1.29 is 28.2 Å². The van der Waals surface area contributed by atoms with Gasteiger partial charge in [0.1, 0.15) is 18.2 Å². The average Bonchev–Trinajstić information content (AvgIpc) is 3.25. The largest absolute Gasteiger partial charge is 0.491 e. The van der Waals surface area contributed by atoms with E-state index in [4.69, 9.17) is 14.2 Å². The summed E-state index contributed by atoms with van der Waals surface area (Å²) < 4.78 is 29.8. The van der Waals surface area contributed by atoms with Crippen molar-refractivity contribution in [2.75, 3.05) is 20.3 Å². The molecule has 1 aliphatic heterocycles. The molecular formula is C23H26FNO5. The van der Waals surface area contributed by atoms with E-state index >= 15 is 0 Å². The number of hydrogen-bond acceptors (Lipinski definition) is 5. The molecule has 6 nitrogen and oxygen atoms in total. The molecule has 0 radical (unpaired) electrons. The lowest BCUT2D eigenvalue weighted by Crippen LogP contribution is -2.37. The van der Waals surface area contributed by atoms with Crippen LogP contribution in [0.4, 0.5) is 4.39 Å². The topological polar surface area (TPSA) is 65.1 Å². The van der Waals surface area contributed by atoms with E-state index in [2.05, 4.69) is 0 Å². The lowest BCUT2D eigenvalue weighted by atomic mass is 10.2. The van der Waals surface area contributed by atoms with Crippen LogP contribution in [0, 0.1) is 5.82 Å². The summed E-state index contributed by atoms with van der Waals surface area (Å²) in [6, 6.07) is 12.6. The molecule has 1 aliphatic rings. The van der Waals surface area contributed by atoms with Gasteiger partial charge in [-0.15, -0.1) is 0 Å². The SMILES string of the molecule is CC(OC(=O)c1ccc(OCC2CCCO2)cc1)C(=O)N(C)Cc1cccc(F)c1. The first-order valence-corrected chi connectivity index (χ1v) is 9.97. The predicted molar refractivity (Wildman–Crippen MR) is 109 cm³/mol. The Labute approximate surface area is 175 Å². The standard InChI is InChI=1S/C23H26FNO5/c1-16(22(26)25(2)14-17-5-3-6-19(24)13-17)30-23(27)18-8-10-20(11-9-18)29-15-21-7-4-12-28-21/h3,5-6,8-11,13,16,21H,4,7,12,14-15H2,1-2H3. The van der Waals surface area contributed by atoms with E-state index < -0.39 is 12.1 Å². The maximum Gasteiger partial charge on any atom is 0.338 e. The lowest BCUT2D eigenvalue weighted by molar-refractivity contribution is -0.139. The zero-order valence-electron chi connectivity index (χ0n) is 17.2. The molecule has 0 bridgehead atoms. The maximum absolute atomic E-state index is 13.3. The Morgan fingerprint density at radius 1 is 1.23 bits per heavy atom. The van der Waals surface area contributed by atoms with Gasteiger partial charge in [-0.2, -0.15) is 0 Å². The van der Waals surface area contributed by atoms with Crippen molar-refractivity contribution in [3.63, 3.8) is 0 Å². The summed E-state index contributed by atoms with van der Waals surface area (Å²) in [5.41, 5.74) is 0.981. The van der Waals surface area contributed by atoms with Gasteiger partial charge in [0.25, 0.3) is 5.91 Å². The molecular weight excluding hydrogens is 389 g/mol. The third kappa shape index (κ3) is 6.03. The highest BCUT2D eigenvalue weighted by atomic mass is 19.1. The number of nitrogens with zero attached hydrogens (tertiary/aromatic N) is 1. The van der Waals surface area contributed by atoms with Crippen molar-refractivity contribution in [2.24, 2.45) is 0 Å². The van der Waals surface area contributed by atoms with Gasteiger partial charge >= 0.3 is 5.97 Å². The zero-order chi connectivity index (χ0) is 21.5. The fourth-order valence-electron chi connectivity index (χ4n) is 3.23. The molecule has 0 spiro atoms. The van der Waals surface area contributed by atoms with Gasteiger partial charge in [-0.05, 0) is 61.7 Å². The van der Waals surface area contributed by atoms with Gasteiger partial charge in [0, 0.05) is 20.2 Å². The highest BCUT2D eigenvalue weighted by molar-refractivity contribution is 5.92. The second kappa shape index (κ2) is 10.2. The Bertz CT molecular complexity index is 864. The highest BCUT2D eigenvalue weighted by Gasteiger charge is 2.22. The Morgan fingerprint density at radius 2 is 2.00 bits per heavy atom. The fraction of sp³-hybridized carbons (Fsp3) is 0.391. The van der Waals surface area contributed by atoms with E-state index in [1.165, 1.54) is 24.0 Å². The molecule has 1 amide bonds. The molecule has 7 heteroatoms. The van der Waals surface area contributed by atoms with Gasteiger partial charge in [-0.1, -0.05) is 12.1 Å². The smallest absolute Gasteiger partial charge is 0.338 e. The second-order valence-corrected chi connectivity index (χ2v) is 7.34. The molecule has 3 rings (SSSR count). The minimum absolute atomic E-state index is 0.117. The normalized spacial score (nSPS) is 16.7. The van der Waals surface area contributed by atoms with Crippen LogP contribution < -0.4 is 4.74 Å². The summed E-state index contributed by atoms with van der Waals surface area (Å²) in [7, 11) is 1.58. The molecule has 0 aliphatic carbocycles. The van der Waals surface area contributed by atoms with E-state index in [-0.39, 0.29) is 24.4 Å². The van der Waals surface area contributed by atoms with Crippen molar-refractivity contribution in [3.8, 4) is 5.75 Å². The number of carbonyl (C=O) groups is 2. The molecule has 1 saturated heterocycles. The van der Waals surface area contributed by atoms with Crippen molar-refractivity contribution in [1.82, 2.24) is 4.90 Å². The number of hydrogen-bond donors (Lipinski definition) is 0. The Hall–Kier alpha value is -2.93. The first-order chi connectivity index (χ1) is 14.4. The fourth-order valence-corrected chi connectivity index (χ4v) is 3.23. The molecule has 0 N–H and O–H groups in total. The number of benzene rings is 2. The summed E-state index contributed by atoms with van der Waals surface area (Å²) in [6.07, 6.45) is 1.19. The van der Waals surface area contributed by atoms with Crippen molar-refractivity contribution >= 4 is 11.9 Å². The van der Waals surface area contributed by atoms with E-state index in [0.29, 0.717) is 23.5 Å². The van der Waals surface area contributed by atoms with Gasteiger partial charge < -0.3 is 19.1 Å². The second-order valence-electron chi connectivity index (χ2n) is 7.34. The van der Waals surface area contributed by atoms with Crippen molar-refractivity contribution in [1.29, 1.82) is 0 Å². The summed E-state index contributed by atoms with van der Waals surface area (Å²) in [5, 5.41) is 0. The van der Waals surface area contributed by atoms with Crippen LogP contribution in [0.25, 0.3) is 0 Å². The predicted octanol–water partition coefficient (Wildman–Crippen LogP) is 3.59. The lowest BCUT2D eigenvalue weighted by Gasteiger charge is -2.21. The van der Waals surface area contributed by atoms with Crippen LogP contribution in [0.2, 0.25) is 0 Å². The van der Waals surface area contributed by atoms with Crippen LogP contribution in [0.5, 0.6) is 5.75 Å². The minimum atomic E-state index is -0.966. The van der Waals surface area contributed by atoms with E-state index in [1.54, 1.807) is 43.4 Å². The number of amides is 1. The molecule has 160 valence electrons. The Kier molecular flexibility index (Phi) is 7.41. The molecule has 2 atom stereocenters. The van der Waals surface area contributed by atoms with E-state index in [0.717, 1.165) is 19.4 Å². The van der Waals surface area contributed by atoms with Crippen LogP contribution in [0.3, 0.4) is 0 Å². The van der Waals surface area contributed by atoms with Crippen molar-refractivity contribution in [2.45, 2.75) is 38.5 Å².